The molecule has 1 heterocycles. The van der Waals surface area contributed by atoms with E-state index in [0.717, 1.165) is 12.1 Å². The second-order valence-electron chi connectivity index (χ2n) is 6.45. The zero-order chi connectivity index (χ0) is 18.6. The van der Waals surface area contributed by atoms with E-state index in [-0.39, 0.29) is 18.1 Å². The summed E-state index contributed by atoms with van der Waals surface area (Å²) in [6.45, 7) is 7.44. The number of rotatable bonds is 6. The number of esters is 1. The molecular formula is C19H26N2O4. The van der Waals surface area contributed by atoms with Gasteiger partial charge in [0, 0.05) is 11.9 Å². The van der Waals surface area contributed by atoms with Gasteiger partial charge >= 0.3 is 5.97 Å². The van der Waals surface area contributed by atoms with Gasteiger partial charge in [-0.15, -0.1) is 0 Å². The van der Waals surface area contributed by atoms with Crippen LogP contribution in [0.3, 0.4) is 0 Å². The van der Waals surface area contributed by atoms with Gasteiger partial charge in [-0.2, -0.15) is 0 Å². The van der Waals surface area contributed by atoms with Crippen molar-refractivity contribution in [3.8, 4) is 5.95 Å². The zero-order valence-electron chi connectivity index (χ0n) is 15.5. The van der Waals surface area contributed by atoms with E-state index >= 15 is 0 Å². The van der Waals surface area contributed by atoms with E-state index in [1.807, 2.05) is 37.2 Å². The molecule has 2 rings (SSSR count). The maximum Gasteiger partial charge on any atom is 0.346 e. The number of hydrogen-bond acceptors (Lipinski definition) is 6. The Hall–Kier alpha value is -2.34. The summed E-state index contributed by atoms with van der Waals surface area (Å²) in [7, 11) is 3.95. The predicted octanol–water partition coefficient (Wildman–Crippen LogP) is 2.90. The number of nitrogens with zero attached hydrogens (tertiary/aromatic N) is 2. The first kappa shape index (κ1) is 19.0. The molecule has 1 aromatic carbocycles. The Bertz CT molecular complexity index is 822. The quantitative estimate of drug-likeness (QED) is 0.814. The summed E-state index contributed by atoms with van der Waals surface area (Å²) in [6.07, 6.45) is 0. The zero-order valence-corrected chi connectivity index (χ0v) is 15.5. The van der Waals surface area contributed by atoms with Crippen molar-refractivity contribution in [1.82, 2.24) is 4.90 Å². The second kappa shape index (κ2) is 8.16. The van der Waals surface area contributed by atoms with Gasteiger partial charge in [-0.3, -0.25) is 4.99 Å². The number of aromatic hydroxyl groups is 1. The molecule has 0 bridgehead atoms. The number of furan rings is 1. The minimum Gasteiger partial charge on any atom is -0.480 e. The van der Waals surface area contributed by atoms with Crippen LogP contribution >= 0.6 is 0 Å². The molecular weight excluding hydrogens is 320 g/mol. The monoisotopic (exact) mass is 346 g/mol. The van der Waals surface area contributed by atoms with Crippen LogP contribution in [0, 0.1) is 0 Å². The summed E-state index contributed by atoms with van der Waals surface area (Å²) in [5.74, 6) is -0.783. The average molecular weight is 346 g/mol. The SMILES string of the molecule is CCOC(=O)c1c(O)oc2c(=NCCN(C)C)ccc(C(C)C)cc12. The molecule has 0 fully saturated rings. The van der Waals surface area contributed by atoms with Crippen LogP contribution in [0.5, 0.6) is 5.95 Å². The molecule has 0 atom stereocenters. The molecule has 0 unspecified atom stereocenters. The molecule has 0 radical (unpaired) electrons. The summed E-state index contributed by atoms with van der Waals surface area (Å²) < 4.78 is 10.6. The van der Waals surface area contributed by atoms with Crippen molar-refractivity contribution in [2.45, 2.75) is 26.7 Å². The molecule has 6 heteroatoms. The van der Waals surface area contributed by atoms with Crippen LogP contribution in [0.1, 0.15) is 42.6 Å². The van der Waals surface area contributed by atoms with Crippen molar-refractivity contribution in [3.05, 3.63) is 34.7 Å². The topological polar surface area (TPSA) is 75.3 Å². The Morgan fingerprint density at radius 3 is 2.68 bits per heavy atom. The summed E-state index contributed by atoms with van der Waals surface area (Å²) in [5, 5.41) is 11.3. The molecule has 0 aliphatic rings. The minimum absolute atomic E-state index is 0.0546. The highest BCUT2D eigenvalue weighted by Crippen LogP contribution is 2.31. The van der Waals surface area contributed by atoms with Gasteiger partial charge in [-0.05, 0) is 44.6 Å². The fourth-order valence-electron chi connectivity index (χ4n) is 2.48. The molecule has 0 saturated carbocycles. The van der Waals surface area contributed by atoms with Gasteiger partial charge in [-0.25, -0.2) is 4.79 Å². The Balaban J connectivity index is 2.73. The van der Waals surface area contributed by atoms with E-state index < -0.39 is 11.9 Å². The number of ether oxygens (including phenoxy) is 1. The Morgan fingerprint density at radius 1 is 1.36 bits per heavy atom. The highest BCUT2D eigenvalue weighted by atomic mass is 16.5. The van der Waals surface area contributed by atoms with Crippen LogP contribution in [-0.4, -0.2) is 49.8 Å². The summed E-state index contributed by atoms with van der Waals surface area (Å²) >= 11 is 0. The lowest BCUT2D eigenvalue weighted by Gasteiger charge is -2.04. The Morgan fingerprint density at radius 2 is 2.08 bits per heavy atom. The summed E-state index contributed by atoms with van der Waals surface area (Å²) in [5.41, 5.74) is 1.47. The standard InChI is InChI=1S/C19H26N2O4/c1-6-24-18(22)16-14-11-13(12(2)3)7-8-15(17(14)25-19(16)23)20-9-10-21(4)5/h7-8,11-12,23H,6,9-10H2,1-5H3. The fraction of sp³-hybridized carbons (Fsp3) is 0.474. The third-order valence-corrected chi connectivity index (χ3v) is 3.88. The van der Waals surface area contributed by atoms with Crippen molar-refractivity contribution in [2.24, 2.45) is 4.99 Å². The van der Waals surface area contributed by atoms with Crippen LogP contribution in [0.4, 0.5) is 0 Å². The van der Waals surface area contributed by atoms with Crippen LogP contribution < -0.4 is 5.36 Å². The number of likely N-dealkylation sites (N-methyl/N-ethyl adjacent to an activating group) is 1. The normalized spacial score (nSPS) is 12.4. The average Bonchev–Trinajstić information content (AvgIpc) is 2.74. The van der Waals surface area contributed by atoms with E-state index in [1.54, 1.807) is 6.92 Å². The van der Waals surface area contributed by atoms with Gasteiger partial charge in [0.15, 0.2) is 11.1 Å². The first-order chi connectivity index (χ1) is 11.8. The Labute approximate surface area is 147 Å². The van der Waals surface area contributed by atoms with Gasteiger partial charge in [0.25, 0.3) is 5.95 Å². The third kappa shape index (κ3) is 4.39. The van der Waals surface area contributed by atoms with Gasteiger partial charge in [-0.1, -0.05) is 19.9 Å². The molecule has 25 heavy (non-hydrogen) atoms. The molecule has 2 aromatic rings. The number of carbonyl (C=O) groups is 1. The molecule has 0 amide bonds. The number of carbonyl (C=O) groups excluding carboxylic acids is 1. The van der Waals surface area contributed by atoms with E-state index in [1.165, 1.54) is 0 Å². The van der Waals surface area contributed by atoms with Crippen LogP contribution in [0.2, 0.25) is 0 Å². The van der Waals surface area contributed by atoms with Crippen LogP contribution in [-0.2, 0) is 4.74 Å². The summed E-state index contributed by atoms with van der Waals surface area (Å²) in [4.78, 5) is 18.9. The van der Waals surface area contributed by atoms with Gasteiger partial charge in [0.1, 0.15) is 5.36 Å². The number of hydrogen-bond donors (Lipinski definition) is 1. The molecule has 1 aromatic heterocycles. The first-order valence-electron chi connectivity index (χ1n) is 8.47. The lowest BCUT2D eigenvalue weighted by Crippen LogP contribution is -2.16. The highest BCUT2D eigenvalue weighted by molar-refractivity contribution is 6.05. The first-order valence-corrected chi connectivity index (χ1v) is 8.47. The lowest BCUT2D eigenvalue weighted by molar-refractivity contribution is 0.0522. The summed E-state index contributed by atoms with van der Waals surface area (Å²) in [6, 6.07) is 5.70. The minimum atomic E-state index is -0.598. The molecule has 0 aliphatic carbocycles. The maximum atomic E-state index is 12.3. The fourth-order valence-corrected chi connectivity index (χ4v) is 2.48. The molecule has 0 saturated heterocycles. The molecule has 6 nitrogen and oxygen atoms in total. The van der Waals surface area contributed by atoms with E-state index in [0.29, 0.717) is 22.9 Å². The van der Waals surface area contributed by atoms with E-state index in [9.17, 15) is 9.90 Å². The van der Waals surface area contributed by atoms with Crippen LogP contribution in [0.15, 0.2) is 27.6 Å². The molecule has 1 N–H and O–H groups in total. The largest absolute Gasteiger partial charge is 0.480 e. The highest BCUT2D eigenvalue weighted by Gasteiger charge is 2.23. The van der Waals surface area contributed by atoms with Gasteiger partial charge in [0.2, 0.25) is 0 Å². The van der Waals surface area contributed by atoms with E-state index in [2.05, 4.69) is 18.8 Å². The second-order valence-corrected chi connectivity index (χ2v) is 6.45. The third-order valence-electron chi connectivity index (χ3n) is 3.88. The van der Waals surface area contributed by atoms with Gasteiger partial charge < -0.3 is 19.2 Å². The predicted molar refractivity (Wildman–Crippen MR) is 96.9 cm³/mol. The maximum absolute atomic E-state index is 12.3. The van der Waals surface area contributed by atoms with Gasteiger partial charge in [0.05, 0.1) is 13.2 Å². The molecule has 0 aliphatic heterocycles. The van der Waals surface area contributed by atoms with Crippen molar-refractivity contribution < 1.29 is 19.1 Å². The van der Waals surface area contributed by atoms with Crippen molar-refractivity contribution in [3.63, 3.8) is 0 Å². The number of fused-ring (bicyclic) bond motifs is 1. The van der Waals surface area contributed by atoms with E-state index in [4.69, 9.17) is 9.15 Å². The van der Waals surface area contributed by atoms with Crippen LogP contribution in [0.25, 0.3) is 11.0 Å². The smallest absolute Gasteiger partial charge is 0.346 e. The van der Waals surface area contributed by atoms with Crippen molar-refractivity contribution >= 4 is 16.9 Å². The van der Waals surface area contributed by atoms with Crippen molar-refractivity contribution in [1.29, 1.82) is 0 Å². The Kier molecular flexibility index (Phi) is 6.20. The molecule has 136 valence electrons. The van der Waals surface area contributed by atoms with Crippen molar-refractivity contribution in [2.75, 3.05) is 33.8 Å². The lowest BCUT2D eigenvalue weighted by atomic mass is 10.0. The molecule has 0 spiro atoms.